The van der Waals surface area contributed by atoms with Crippen molar-refractivity contribution in [1.82, 2.24) is 24.7 Å². The fourth-order valence-corrected chi connectivity index (χ4v) is 6.54. The highest BCUT2D eigenvalue weighted by Crippen LogP contribution is 2.36. The largest absolute Gasteiger partial charge is 0.348 e. The maximum atomic E-state index is 13.4. The Bertz CT molecular complexity index is 1440. The van der Waals surface area contributed by atoms with E-state index in [1.807, 2.05) is 19.0 Å². The minimum Gasteiger partial charge on any atom is -0.348 e. The van der Waals surface area contributed by atoms with Crippen LogP contribution in [0.15, 0.2) is 47.5 Å². The van der Waals surface area contributed by atoms with Gasteiger partial charge in [-0.05, 0) is 58.0 Å². The predicted molar refractivity (Wildman–Crippen MR) is 156 cm³/mol. The van der Waals surface area contributed by atoms with Crippen molar-refractivity contribution in [2.45, 2.75) is 55.4 Å². The van der Waals surface area contributed by atoms with Crippen LogP contribution in [0.3, 0.4) is 0 Å². The molecule has 1 aliphatic carbocycles. The molecule has 0 bridgehead atoms. The highest BCUT2D eigenvalue weighted by molar-refractivity contribution is 7.89. The lowest BCUT2D eigenvalue weighted by molar-refractivity contribution is -0.124. The van der Waals surface area contributed by atoms with Gasteiger partial charge in [-0.25, -0.2) is 17.2 Å². The molecular weight excluding hydrogens is 584 g/mol. The van der Waals surface area contributed by atoms with Gasteiger partial charge >= 0.3 is 0 Å². The third kappa shape index (κ3) is 8.67. The summed E-state index contributed by atoms with van der Waals surface area (Å²) >= 11 is 0. The zero-order valence-electron chi connectivity index (χ0n) is 24.1. The molecule has 2 fully saturated rings. The summed E-state index contributed by atoms with van der Waals surface area (Å²) in [5.41, 5.74) is 0.534. The molecule has 3 amide bonds. The van der Waals surface area contributed by atoms with E-state index in [1.165, 1.54) is 28.7 Å². The number of anilines is 2. The topological polar surface area (TPSA) is 157 Å². The van der Waals surface area contributed by atoms with Crippen LogP contribution in [-0.2, 0) is 19.6 Å². The van der Waals surface area contributed by atoms with Gasteiger partial charge in [0.25, 0.3) is 5.91 Å². The molecule has 0 atom stereocenters. The number of H-pyrrole nitrogens is 1. The highest BCUT2D eigenvalue weighted by Gasteiger charge is 2.38. The average molecular weight is 622 g/mol. The van der Waals surface area contributed by atoms with E-state index in [1.54, 1.807) is 18.2 Å². The summed E-state index contributed by atoms with van der Waals surface area (Å²) in [6, 6.07) is 5.72. The highest BCUT2D eigenvalue weighted by atomic mass is 32.2. The third-order valence-electron chi connectivity index (χ3n) is 7.48. The second-order valence-electron chi connectivity index (χ2n) is 11.1. The molecule has 12 nitrogen and oxygen atoms in total. The Morgan fingerprint density at radius 3 is 2.49 bits per heavy atom. The Labute approximate surface area is 249 Å². The molecule has 1 saturated carbocycles. The molecule has 15 heteroatoms. The van der Waals surface area contributed by atoms with E-state index in [4.69, 9.17) is 0 Å². The van der Waals surface area contributed by atoms with Crippen LogP contribution in [0.1, 0.15) is 49.0 Å². The number of aromatic nitrogens is 2. The van der Waals surface area contributed by atoms with Gasteiger partial charge in [-0.3, -0.25) is 19.5 Å². The fourth-order valence-electron chi connectivity index (χ4n) is 5.03. The van der Waals surface area contributed by atoms with Crippen LogP contribution in [0.25, 0.3) is 0 Å². The third-order valence-corrected chi connectivity index (χ3v) is 9.38. The molecule has 2 aromatic rings. The van der Waals surface area contributed by atoms with Crippen molar-refractivity contribution in [3.05, 3.63) is 48.3 Å². The smallest absolute Gasteiger partial charge is 0.271 e. The van der Waals surface area contributed by atoms with Crippen LogP contribution in [0.2, 0.25) is 0 Å². The molecule has 2 heterocycles. The number of rotatable bonds is 10. The molecule has 1 aliphatic heterocycles. The van der Waals surface area contributed by atoms with Gasteiger partial charge in [-0.1, -0.05) is 12.1 Å². The number of carbonyl (C=O) groups is 3. The molecule has 43 heavy (non-hydrogen) atoms. The number of halogens is 2. The summed E-state index contributed by atoms with van der Waals surface area (Å²) in [5, 5.41) is 14.6. The zero-order valence-corrected chi connectivity index (χ0v) is 24.9. The fraction of sp³-hybridized carbons (Fsp3) is 0.500. The zero-order chi connectivity index (χ0) is 31.2. The number of amides is 3. The molecule has 1 aromatic heterocycles. The monoisotopic (exact) mass is 621 g/mol. The Hall–Kier alpha value is -3.69. The minimum absolute atomic E-state index is 0.0277. The first-order valence-corrected chi connectivity index (χ1v) is 15.5. The summed E-state index contributed by atoms with van der Waals surface area (Å²) < 4.78 is 54.9. The molecule has 0 spiro atoms. The molecule has 0 unspecified atom stereocenters. The van der Waals surface area contributed by atoms with Crippen molar-refractivity contribution in [3.63, 3.8) is 0 Å². The van der Waals surface area contributed by atoms with Gasteiger partial charge in [-0.15, -0.1) is 0 Å². The first kappa shape index (κ1) is 32.2. The number of sulfonamides is 1. The van der Waals surface area contributed by atoms with Gasteiger partial charge in [0.1, 0.15) is 5.69 Å². The van der Waals surface area contributed by atoms with E-state index in [2.05, 4.69) is 26.1 Å². The van der Waals surface area contributed by atoms with Gasteiger partial charge in [0, 0.05) is 56.2 Å². The van der Waals surface area contributed by atoms with E-state index < -0.39 is 33.7 Å². The Morgan fingerprint density at radius 1 is 1.12 bits per heavy atom. The summed E-state index contributed by atoms with van der Waals surface area (Å²) in [6.07, 6.45) is 4.50. The van der Waals surface area contributed by atoms with Crippen LogP contribution in [0, 0.1) is 5.92 Å². The van der Waals surface area contributed by atoms with E-state index >= 15 is 0 Å². The van der Waals surface area contributed by atoms with E-state index in [9.17, 15) is 31.6 Å². The number of aromatic amines is 1. The Balaban J connectivity index is 1.29. The number of hydrogen-bond donors (Lipinski definition) is 4. The molecule has 1 aromatic carbocycles. The number of nitrogens with zero attached hydrogens (tertiary/aromatic N) is 3. The Kier molecular flexibility index (Phi) is 10.3. The standard InChI is InChI=1S/C28H37F2N7O5S/c1-36(2)14-4-7-24(38)32-21-5-3-6-22(17-21)43(41,42)37-15-10-20(11-16-37)33-27(40)25-23(18-31-35-25)34-26(39)19-8-12-28(29,30)13-9-19/h3-7,17-20H,8-16H2,1-2H3,(H,31,35)(H,32,38)(H,33,40)(H,34,39). The second kappa shape index (κ2) is 13.7. The van der Waals surface area contributed by atoms with Crippen molar-refractivity contribution in [2.75, 3.05) is 44.4 Å². The van der Waals surface area contributed by atoms with Crippen LogP contribution in [-0.4, -0.2) is 91.2 Å². The maximum Gasteiger partial charge on any atom is 0.271 e. The number of nitrogens with one attached hydrogen (secondary N) is 4. The van der Waals surface area contributed by atoms with Crippen LogP contribution in [0.4, 0.5) is 20.2 Å². The second-order valence-corrected chi connectivity index (χ2v) is 13.0. The van der Waals surface area contributed by atoms with E-state index in [0.29, 0.717) is 25.1 Å². The maximum absolute atomic E-state index is 13.4. The van der Waals surface area contributed by atoms with Crippen molar-refractivity contribution >= 4 is 39.1 Å². The number of alkyl halides is 2. The van der Waals surface area contributed by atoms with Gasteiger partial charge in [0.15, 0.2) is 0 Å². The molecule has 234 valence electrons. The quantitative estimate of drug-likeness (QED) is 0.297. The molecule has 1 saturated heterocycles. The lowest BCUT2D eigenvalue weighted by Gasteiger charge is -2.31. The SMILES string of the molecule is CN(C)CC=CC(=O)Nc1cccc(S(=O)(=O)N2CCC(NC(=O)c3[nH]ncc3NC(=O)C3CCC(F)(F)CC3)CC2)c1. The van der Waals surface area contributed by atoms with Gasteiger partial charge in [-0.2, -0.15) is 9.40 Å². The summed E-state index contributed by atoms with van der Waals surface area (Å²) in [6.45, 7) is 0.913. The minimum atomic E-state index is -3.85. The van der Waals surface area contributed by atoms with Crippen LogP contribution in [0.5, 0.6) is 0 Å². The van der Waals surface area contributed by atoms with Crippen LogP contribution >= 0.6 is 0 Å². The molecular formula is C28H37F2N7O5S. The summed E-state index contributed by atoms with van der Waals surface area (Å²) in [7, 11) is -0.0997. The van der Waals surface area contributed by atoms with E-state index in [-0.39, 0.29) is 67.0 Å². The van der Waals surface area contributed by atoms with E-state index in [0.717, 1.165) is 0 Å². The lowest BCUT2D eigenvalue weighted by atomic mass is 9.86. The molecule has 4 N–H and O–H groups in total. The number of piperidine rings is 1. The summed E-state index contributed by atoms with van der Waals surface area (Å²) in [4.78, 5) is 39.7. The first-order chi connectivity index (χ1) is 20.3. The average Bonchev–Trinajstić information content (AvgIpc) is 3.41. The van der Waals surface area contributed by atoms with Gasteiger partial charge < -0.3 is 20.9 Å². The lowest BCUT2D eigenvalue weighted by Crippen LogP contribution is -2.46. The number of hydrogen-bond acceptors (Lipinski definition) is 7. The van der Waals surface area contributed by atoms with Crippen LogP contribution < -0.4 is 16.0 Å². The van der Waals surface area contributed by atoms with Crippen molar-refractivity contribution < 1.29 is 31.6 Å². The Morgan fingerprint density at radius 2 is 1.81 bits per heavy atom. The summed E-state index contributed by atoms with van der Waals surface area (Å²) in [5.74, 6) is -4.65. The van der Waals surface area contributed by atoms with Gasteiger partial charge in [0.05, 0.1) is 16.8 Å². The molecule has 4 rings (SSSR count). The van der Waals surface area contributed by atoms with Crippen molar-refractivity contribution in [2.24, 2.45) is 5.92 Å². The molecule has 0 radical (unpaired) electrons. The number of carbonyl (C=O) groups excluding carboxylic acids is 3. The number of likely N-dealkylation sites (N-methyl/N-ethyl adjacent to an activating group) is 1. The first-order valence-electron chi connectivity index (χ1n) is 14.1. The number of benzene rings is 1. The normalized spacial score (nSPS) is 18.5. The van der Waals surface area contributed by atoms with Gasteiger partial charge in [0.2, 0.25) is 27.8 Å². The predicted octanol–water partition coefficient (Wildman–Crippen LogP) is 2.81. The molecule has 2 aliphatic rings. The van der Waals surface area contributed by atoms with Crippen molar-refractivity contribution in [1.29, 1.82) is 0 Å². The van der Waals surface area contributed by atoms with Crippen molar-refractivity contribution in [3.8, 4) is 0 Å².